The number of hydrogen-bond donors (Lipinski definition) is 0. The van der Waals surface area contributed by atoms with E-state index in [4.69, 9.17) is 25.8 Å². The third-order valence-electron chi connectivity index (χ3n) is 8.29. The first-order valence-electron chi connectivity index (χ1n) is 11.4. The highest BCUT2D eigenvalue weighted by molar-refractivity contribution is 6.17. The van der Waals surface area contributed by atoms with Gasteiger partial charge in [-0.05, 0) is 31.6 Å². The zero-order valence-corrected chi connectivity index (χ0v) is 19.4. The molecule has 6 nitrogen and oxygen atoms in total. The number of halogens is 1. The van der Waals surface area contributed by atoms with Crippen molar-refractivity contribution < 1.29 is 28.6 Å². The van der Waals surface area contributed by atoms with Crippen LogP contribution in [0, 0.1) is 40.9 Å². The first-order valence-corrected chi connectivity index (χ1v) is 11.9. The maximum Gasteiger partial charge on any atom is 0.312 e. The Balaban J connectivity index is 1.82. The standard InChI is InChI=1S/C23H35ClO6/c1-6-12(4)23(5,10-13(7-2)8-3)22(27)30-19-14-9-15-17(21(26)29-18(15)19)16(14)20(25)28-11-24/h12-19H,6-11H2,1-5H3. The molecule has 1 aliphatic heterocycles. The summed E-state index contributed by atoms with van der Waals surface area (Å²) in [4.78, 5) is 38.5. The van der Waals surface area contributed by atoms with Crippen LogP contribution in [0.4, 0.5) is 0 Å². The Labute approximate surface area is 184 Å². The number of carbonyl (C=O) groups is 3. The van der Waals surface area contributed by atoms with Crippen molar-refractivity contribution in [3.8, 4) is 0 Å². The van der Waals surface area contributed by atoms with Crippen LogP contribution in [0.15, 0.2) is 0 Å². The molecule has 8 atom stereocenters. The molecule has 0 spiro atoms. The summed E-state index contributed by atoms with van der Waals surface area (Å²) in [5.74, 6) is -2.04. The zero-order chi connectivity index (χ0) is 22.2. The summed E-state index contributed by atoms with van der Waals surface area (Å²) in [6.07, 6.45) is 3.24. The van der Waals surface area contributed by atoms with E-state index < -0.39 is 35.4 Å². The molecular formula is C23H35ClO6. The molecule has 3 fully saturated rings. The van der Waals surface area contributed by atoms with Crippen molar-refractivity contribution in [2.45, 2.75) is 78.9 Å². The zero-order valence-electron chi connectivity index (χ0n) is 18.7. The summed E-state index contributed by atoms with van der Waals surface area (Å²) in [6, 6.07) is -0.260. The van der Waals surface area contributed by atoms with Gasteiger partial charge in [0.25, 0.3) is 0 Å². The lowest BCUT2D eigenvalue weighted by atomic mass is 9.69. The summed E-state index contributed by atoms with van der Waals surface area (Å²) in [6.45, 7) is 10.5. The van der Waals surface area contributed by atoms with E-state index in [1.807, 2.05) is 6.92 Å². The van der Waals surface area contributed by atoms with Crippen LogP contribution in [-0.4, -0.2) is 36.2 Å². The van der Waals surface area contributed by atoms with Crippen molar-refractivity contribution in [3.63, 3.8) is 0 Å². The first kappa shape index (κ1) is 23.4. The van der Waals surface area contributed by atoms with Gasteiger partial charge in [0.05, 0.1) is 17.3 Å². The van der Waals surface area contributed by atoms with Gasteiger partial charge in [0.1, 0.15) is 12.2 Å². The van der Waals surface area contributed by atoms with Crippen molar-refractivity contribution >= 4 is 29.5 Å². The van der Waals surface area contributed by atoms with Crippen LogP contribution in [0.3, 0.4) is 0 Å². The van der Waals surface area contributed by atoms with E-state index in [0.717, 1.165) is 25.7 Å². The largest absolute Gasteiger partial charge is 0.458 e. The monoisotopic (exact) mass is 442 g/mol. The van der Waals surface area contributed by atoms with Crippen molar-refractivity contribution in [1.82, 2.24) is 0 Å². The van der Waals surface area contributed by atoms with E-state index in [1.54, 1.807) is 0 Å². The van der Waals surface area contributed by atoms with E-state index in [1.165, 1.54) is 0 Å². The Morgan fingerprint density at radius 1 is 1.20 bits per heavy atom. The van der Waals surface area contributed by atoms with Crippen molar-refractivity contribution in [2.24, 2.45) is 40.9 Å². The lowest BCUT2D eigenvalue weighted by Gasteiger charge is -2.38. The molecule has 0 aromatic carbocycles. The molecule has 170 valence electrons. The van der Waals surface area contributed by atoms with E-state index >= 15 is 0 Å². The van der Waals surface area contributed by atoms with Crippen LogP contribution in [0.2, 0.25) is 0 Å². The molecule has 0 aromatic rings. The van der Waals surface area contributed by atoms with Gasteiger partial charge in [0, 0.05) is 11.8 Å². The molecule has 7 heteroatoms. The van der Waals surface area contributed by atoms with Gasteiger partial charge < -0.3 is 14.2 Å². The molecule has 0 N–H and O–H groups in total. The SMILES string of the molecule is CCC(CC)CC(C)(C(=O)OC1C2CC3C1OC(=O)C3C2C(=O)OCCl)C(C)CC. The van der Waals surface area contributed by atoms with Crippen LogP contribution in [0.5, 0.6) is 0 Å². The smallest absolute Gasteiger partial charge is 0.312 e. The number of hydrogen-bond acceptors (Lipinski definition) is 6. The second kappa shape index (κ2) is 9.05. The van der Waals surface area contributed by atoms with E-state index in [0.29, 0.717) is 12.3 Å². The summed E-state index contributed by atoms with van der Waals surface area (Å²) in [5, 5.41) is 0. The molecule has 3 rings (SSSR count). The second-order valence-electron chi connectivity index (χ2n) is 9.57. The van der Waals surface area contributed by atoms with E-state index in [2.05, 4.69) is 27.7 Å². The summed E-state index contributed by atoms with van der Waals surface area (Å²) < 4.78 is 16.7. The third-order valence-corrected chi connectivity index (χ3v) is 8.40. The molecule has 1 heterocycles. The number of esters is 3. The molecule has 0 amide bonds. The maximum absolute atomic E-state index is 13.5. The molecule has 0 aromatic heterocycles. The number of carbonyl (C=O) groups excluding carboxylic acids is 3. The molecule has 3 aliphatic rings. The topological polar surface area (TPSA) is 78.9 Å². The molecule has 0 radical (unpaired) electrons. The van der Waals surface area contributed by atoms with Crippen molar-refractivity contribution in [3.05, 3.63) is 0 Å². The summed E-state index contributed by atoms with van der Waals surface area (Å²) in [7, 11) is 0. The number of rotatable bonds is 10. The third kappa shape index (κ3) is 3.74. The van der Waals surface area contributed by atoms with Crippen molar-refractivity contribution in [1.29, 1.82) is 0 Å². The summed E-state index contributed by atoms with van der Waals surface area (Å²) >= 11 is 5.58. The molecule has 2 bridgehead atoms. The Kier molecular flexibility index (Phi) is 7.05. The lowest BCUT2D eigenvalue weighted by Crippen LogP contribution is -2.47. The number of fused-ring (bicyclic) bond motifs is 1. The van der Waals surface area contributed by atoms with Crippen LogP contribution >= 0.6 is 11.6 Å². The highest BCUT2D eigenvalue weighted by Crippen LogP contribution is 2.59. The number of ether oxygens (including phenoxy) is 3. The Morgan fingerprint density at radius 3 is 2.43 bits per heavy atom. The van der Waals surface area contributed by atoms with Crippen LogP contribution in [-0.2, 0) is 28.6 Å². The van der Waals surface area contributed by atoms with Gasteiger partial charge >= 0.3 is 17.9 Å². The number of alkyl halides is 1. The molecule has 30 heavy (non-hydrogen) atoms. The average Bonchev–Trinajstić information content (AvgIpc) is 3.34. The van der Waals surface area contributed by atoms with Crippen LogP contribution in [0.25, 0.3) is 0 Å². The Morgan fingerprint density at radius 2 is 1.87 bits per heavy atom. The van der Waals surface area contributed by atoms with Gasteiger partial charge in [-0.25, -0.2) is 0 Å². The van der Waals surface area contributed by atoms with Crippen molar-refractivity contribution in [2.75, 3.05) is 6.07 Å². The fraction of sp³-hybridized carbons (Fsp3) is 0.870. The Hall–Kier alpha value is -1.30. The van der Waals surface area contributed by atoms with Gasteiger partial charge in [-0.3, -0.25) is 14.4 Å². The fourth-order valence-corrected chi connectivity index (χ4v) is 6.10. The minimum absolute atomic E-state index is 0.0953. The van der Waals surface area contributed by atoms with Crippen LogP contribution in [0.1, 0.15) is 66.7 Å². The molecule has 1 saturated heterocycles. The first-order chi connectivity index (χ1) is 14.2. The quantitative estimate of drug-likeness (QED) is 0.285. The lowest BCUT2D eigenvalue weighted by molar-refractivity contribution is -0.178. The molecular weight excluding hydrogens is 408 g/mol. The fourth-order valence-electron chi connectivity index (χ4n) is 5.99. The molecule has 8 unspecified atom stereocenters. The van der Waals surface area contributed by atoms with Crippen LogP contribution < -0.4 is 0 Å². The minimum atomic E-state index is -0.647. The second-order valence-corrected chi connectivity index (χ2v) is 9.79. The maximum atomic E-state index is 13.5. The molecule has 2 aliphatic carbocycles. The van der Waals surface area contributed by atoms with Gasteiger partial charge in [0.2, 0.25) is 0 Å². The van der Waals surface area contributed by atoms with Gasteiger partial charge in [-0.2, -0.15) is 0 Å². The molecule has 2 saturated carbocycles. The highest BCUT2D eigenvalue weighted by Gasteiger charge is 2.70. The minimum Gasteiger partial charge on any atom is -0.458 e. The predicted octanol–water partition coefficient (Wildman–Crippen LogP) is 4.32. The average molecular weight is 443 g/mol. The summed E-state index contributed by atoms with van der Waals surface area (Å²) in [5.41, 5.74) is -0.624. The highest BCUT2D eigenvalue weighted by atomic mass is 35.5. The van der Waals surface area contributed by atoms with Gasteiger partial charge in [-0.15, -0.1) is 0 Å². The van der Waals surface area contributed by atoms with E-state index in [-0.39, 0.29) is 35.8 Å². The van der Waals surface area contributed by atoms with Gasteiger partial charge in [0.15, 0.2) is 6.07 Å². The van der Waals surface area contributed by atoms with E-state index in [9.17, 15) is 14.4 Å². The predicted molar refractivity (Wildman–Crippen MR) is 111 cm³/mol. The van der Waals surface area contributed by atoms with Gasteiger partial charge in [-0.1, -0.05) is 58.6 Å². The normalized spacial score (nSPS) is 34.6. The Bertz CT molecular complexity index is 677.